The van der Waals surface area contributed by atoms with Gasteiger partial charge in [0.15, 0.2) is 0 Å². The third-order valence-electron chi connectivity index (χ3n) is 3.09. The molecule has 0 aromatic carbocycles. The first-order valence-corrected chi connectivity index (χ1v) is 6.71. The van der Waals surface area contributed by atoms with Gasteiger partial charge in [-0.25, -0.2) is 4.79 Å². The number of rotatable bonds is 3. The monoisotopic (exact) mass is 269 g/mol. The van der Waals surface area contributed by atoms with Gasteiger partial charge in [0.2, 0.25) is 0 Å². The first-order valence-electron chi connectivity index (χ1n) is 5.90. The van der Waals surface area contributed by atoms with Crippen LogP contribution in [-0.2, 0) is 0 Å². The van der Waals surface area contributed by atoms with Crippen molar-refractivity contribution in [2.75, 3.05) is 0 Å². The lowest BCUT2D eigenvalue weighted by Crippen LogP contribution is -2.44. The number of aromatic carboxylic acids is 1. The standard InChI is InChI=1S/C12H15NO4S/c14-8-4-2-1-3-7(8)13-11(15)9-5-6-10(18-9)12(16)17/h5-8,14H,1-4H2,(H,13,15)(H,16,17). The molecule has 2 atom stereocenters. The van der Waals surface area contributed by atoms with Crippen LogP contribution >= 0.6 is 11.3 Å². The molecule has 1 aliphatic rings. The zero-order chi connectivity index (χ0) is 13.1. The summed E-state index contributed by atoms with van der Waals surface area (Å²) in [4.78, 5) is 23.1. The highest BCUT2D eigenvalue weighted by Crippen LogP contribution is 2.20. The predicted octanol–water partition coefficient (Wildman–Crippen LogP) is 1.48. The van der Waals surface area contributed by atoms with E-state index < -0.39 is 12.1 Å². The lowest BCUT2D eigenvalue weighted by molar-refractivity contribution is 0.0701. The molecule has 1 heterocycles. The average Bonchev–Trinajstić information content (AvgIpc) is 2.81. The van der Waals surface area contributed by atoms with Gasteiger partial charge in [-0.2, -0.15) is 0 Å². The summed E-state index contributed by atoms with van der Waals surface area (Å²) in [5.41, 5.74) is 0. The molecule has 2 rings (SSSR count). The van der Waals surface area contributed by atoms with Crippen molar-refractivity contribution in [3.63, 3.8) is 0 Å². The van der Waals surface area contributed by atoms with Gasteiger partial charge in [-0.1, -0.05) is 12.8 Å². The largest absolute Gasteiger partial charge is 0.477 e. The highest BCUT2D eigenvalue weighted by Gasteiger charge is 2.25. The summed E-state index contributed by atoms with van der Waals surface area (Å²) < 4.78 is 0. The molecule has 0 radical (unpaired) electrons. The number of thiophene rings is 1. The Morgan fingerprint density at radius 3 is 2.50 bits per heavy atom. The number of aliphatic hydroxyl groups excluding tert-OH is 1. The molecule has 0 bridgehead atoms. The molecule has 98 valence electrons. The van der Waals surface area contributed by atoms with Crippen molar-refractivity contribution in [1.82, 2.24) is 5.32 Å². The second-order valence-electron chi connectivity index (χ2n) is 4.40. The van der Waals surface area contributed by atoms with Crippen molar-refractivity contribution in [3.8, 4) is 0 Å². The maximum atomic E-state index is 11.9. The van der Waals surface area contributed by atoms with Gasteiger partial charge >= 0.3 is 5.97 Å². The smallest absolute Gasteiger partial charge is 0.345 e. The van der Waals surface area contributed by atoms with Gasteiger partial charge in [-0.05, 0) is 25.0 Å². The molecule has 0 aliphatic heterocycles. The summed E-state index contributed by atoms with van der Waals surface area (Å²) in [5, 5.41) is 21.3. The van der Waals surface area contributed by atoms with Crippen LogP contribution in [0.1, 0.15) is 45.0 Å². The van der Waals surface area contributed by atoms with Crippen LogP contribution in [0, 0.1) is 0 Å². The number of hydrogen-bond acceptors (Lipinski definition) is 4. The molecular weight excluding hydrogens is 254 g/mol. The molecule has 5 nitrogen and oxygen atoms in total. The highest BCUT2D eigenvalue weighted by atomic mass is 32.1. The second kappa shape index (κ2) is 5.49. The summed E-state index contributed by atoms with van der Waals surface area (Å²) in [6.07, 6.45) is 2.95. The zero-order valence-electron chi connectivity index (χ0n) is 9.76. The summed E-state index contributed by atoms with van der Waals surface area (Å²) in [6, 6.07) is 2.69. The molecule has 1 saturated carbocycles. The van der Waals surface area contributed by atoms with Gasteiger partial charge in [0.05, 0.1) is 17.0 Å². The van der Waals surface area contributed by atoms with E-state index in [-0.39, 0.29) is 16.8 Å². The Kier molecular flexibility index (Phi) is 3.98. The minimum Gasteiger partial charge on any atom is -0.477 e. The predicted molar refractivity (Wildman–Crippen MR) is 67.0 cm³/mol. The number of carboxylic acid groups (broad SMARTS) is 1. The van der Waals surface area contributed by atoms with Crippen LogP contribution in [0.25, 0.3) is 0 Å². The topological polar surface area (TPSA) is 86.6 Å². The van der Waals surface area contributed by atoms with E-state index in [1.807, 2.05) is 0 Å². The van der Waals surface area contributed by atoms with Gasteiger partial charge in [0.1, 0.15) is 4.88 Å². The van der Waals surface area contributed by atoms with Crippen molar-refractivity contribution < 1.29 is 19.8 Å². The van der Waals surface area contributed by atoms with Gasteiger partial charge in [-0.3, -0.25) is 4.79 Å². The van der Waals surface area contributed by atoms with E-state index in [1.54, 1.807) is 0 Å². The van der Waals surface area contributed by atoms with Gasteiger partial charge in [0, 0.05) is 0 Å². The molecule has 18 heavy (non-hydrogen) atoms. The molecule has 0 spiro atoms. The maximum Gasteiger partial charge on any atom is 0.345 e. The van der Waals surface area contributed by atoms with Crippen LogP contribution < -0.4 is 5.32 Å². The third kappa shape index (κ3) is 2.88. The number of amides is 1. The molecule has 1 aliphatic carbocycles. The number of aliphatic hydroxyl groups is 1. The van der Waals surface area contributed by atoms with Gasteiger partial charge < -0.3 is 15.5 Å². The third-order valence-corrected chi connectivity index (χ3v) is 4.16. The van der Waals surface area contributed by atoms with E-state index in [4.69, 9.17) is 5.11 Å². The molecule has 3 N–H and O–H groups in total. The number of carbonyl (C=O) groups excluding carboxylic acids is 1. The molecule has 2 unspecified atom stereocenters. The van der Waals surface area contributed by atoms with Gasteiger partial charge in [-0.15, -0.1) is 11.3 Å². The summed E-state index contributed by atoms with van der Waals surface area (Å²) >= 11 is 0.946. The first kappa shape index (κ1) is 13.0. The van der Waals surface area contributed by atoms with Crippen molar-refractivity contribution in [1.29, 1.82) is 0 Å². The zero-order valence-corrected chi connectivity index (χ0v) is 10.6. The molecule has 1 fully saturated rings. The van der Waals surface area contributed by atoms with Crippen LogP contribution in [-0.4, -0.2) is 34.2 Å². The Morgan fingerprint density at radius 2 is 1.89 bits per heavy atom. The number of hydrogen-bond donors (Lipinski definition) is 3. The molecule has 0 saturated heterocycles. The second-order valence-corrected chi connectivity index (χ2v) is 5.48. The maximum absolute atomic E-state index is 11.9. The van der Waals surface area contributed by atoms with E-state index in [0.29, 0.717) is 11.3 Å². The normalized spacial score (nSPS) is 23.6. The number of carbonyl (C=O) groups is 2. The van der Waals surface area contributed by atoms with Crippen LogP contribution in [0.2, 0.25) is 0 Å². The van der Waals surface area contributed by atoms with Crippen molar-refractivity contribution in [2.45, 2.75) is 37.8 Å². The fraction of sp³-hybridized carbons (Fsp3) is 0.500. The van der Waals surface area contributed by atoms with Crippen LogP contribution in [0.3, 0.4) is 0 Å². The fourth-order valence-electron chi connectivity index (χ4n) is 2.09. The average molecular weight is 269 g/mol. The number of nitrogens with one attached hydrogen (secondary N) is 1. The number of carboxylic acids is 1. The van der Waals surface area contributed by atoms with E-state index in [2.05, 4.69) is 5.32 Å². The Balaban J connectivity index is 2.00. The molecular formula is C12H15NO4S. The molecule has 1 aromatic rings. The minimum absolute atomic E-state index is 0.143. The van der Waals surface area contributed by atoms with Crippen molar-refractivity contribution in [3.05, 3.63) is 21.9 Å². The molecule has 6 heteroatoms. The lowest BCUT2D eigenvalue weighted by atomic mass is 9.92. The molecule has 1 aromatic heterocycles. The van der Waals surface area contributed by atoms with Crippen LogP contribution in [0.15, 0.2) is 12.1 Å². The Labute approximate surface area is 108 Å². The Hall–Kier alpha value is -1.40. The lowest BCUT2D eigenvalue weighted by Gasteiger charge is -2.28. The van der Waals surface area contributed by atoms with Crippen LogP contribution in [0.4, 0.5) is 0 Å². The van der Waals surface area contributed by atoms with E-state index in [1.165, 1.54) is 12.1 Å². The van der Waals surface area contributed by atoms with Crippen molar-refractivity contribution >= 4 is 23.2 Å². The van der Waals surface area contributed by atoms with E-state index in [9.17, 15) is 14.7 Å². The van der Waals surface area contributed by atoms with E-state index >= 15 is 0 Å². The quantitative estimate of drug-likeness (QED) is 0.775. The SMILES string of the molecule is O=C(O)c1ccc(C(=O)NC2CCCCC2O)s1. The first-order chi connectivity index (χ1) is 8.58. The van der Waals surface area contributed by atoms with Crippen molar-refractivity contribution in [2.24, 2.45) is 0 Å². The van der Waals surface area contributed by atoms with Crippen LogP contribution in [0.5, 0.6) is 0 Å². The molecule has 1 amide bonds. The summed E-state index contributed by atoms with van der Waals surface area (Å²) in [5.74, 6) is -1.34. The van der Waals surface area contributed by atoms with E-state index in [0.717, 1.165) is 30.6 Å². The Morgan fingerprint density at radius 1 is 1.22 bits per heavy atom. The summed E-state index contributed by atoms with van der Waals surface area (Å²) in [6.45, 7) is 0. The fourth-order valence-corrected chi connectivity index (χ4v) is 2.84. The highest BCUT2D eigenvalue weighted by molar-refractivity contribution is 7.15. The Bertz CT molecular complexity index is 457. The minimum atomic E-state index is -1.03. The summed E-state index contributed by atoms with van der Waals surface area (Å²) in [7, 11) is 0. The van der Waals surface area contributed by atoms with Gasteiger partial charge in [0.25, 0.3) is 5.91 Å².